The smallest absolute Gasteiger partial charge is 0.197 e. The molecule has 0 aromatic rings. The van der Waals surface area contributed by atoms with Crippen molar-refractivity contribution in [2.24, 2.45) is 0 Å². The van der Waals surface area contributed by atoms with Gasteiger partial charge in [-0.3, -0.25) is 4.57 Å². The Balaban J connectivity index is 2.31. The van der Waals surface area contributed by atoms with Crippen LogP contribution in [0.1, 0.15) is 25.7 Å². The number of halogens is 1. The van der Waals surface area contributed by atoms with Gasteiger partial charge >= 0.3 is 0 Å². The lowest BCUT2D eigenvalue weighted by atomic mass is 9.98. The van der Waals surface area contributed by atoms with Gasteiger partial charge in [0.05, 0.1) is 6.10 Å². The first-order chi connectivity index (χ1) is 5.47. The third-order valence-corrected chi connectivity index (χ3v) is 3.25. The topological polar surface area (TPSA) is 26.3 Å². The van der Waals surface area contributed by atoms with Crippen LogP contribution in [0.3, 0.4) is 0 Å². The molecule has 1 aliphatic rings. The van der Waals surface area contributed by atoms with Crippen molar-refractivity contribution < 1.29 is 9.09 Å². The minimum Gasteiger partial charge on any atom is -0.325 e. The summed E-state index contributed by atoms with van der Waals surface area (Å²) in [4.78, 5) is 0. The molecule has 72 valence electrons. The molecular weight excluding hydrogens is 195 g/mol. The fourth-order valence-corrected chi connectivity index (χ4v) is 2.67. The molecule has 0 unspecified atom stereocenters. The fraction of sp³-hybridized carbons (Fsp3) is 1.00. The van der Waals surface area contributed by atoms with Crippen LogP contribution in [0.5, 0.6) is 0 Å². The molecule has 1 rings (SSSR count). The molecule has 0 N–H and O–H groups in total. The van der Waals surface area contributed by atoms with E-state index in [1.165, 1.54) is 0 Å². The average molecular weight is 211 g/mol. The molecule has 2 nitrogen and oxygen atoms in total. The third kappa shape index (κ3) is 3.93. The lowest BCUT2D eigenvalue weighted by Gasteiger charge is -2.26. The first-order valence-corrected chi connectivity index (χ1v) is 7.30. The van der Waals surface area contributed by atoms with Gasteiger partial charge < -0.3 is 4.52 Å². The largest absolute Gasteiger partial charge is 0.325 e. The number of hydrogen-bond acceptors (Lipinski definition) is 2. The molecule has 0 heterocycles. The average Bonchev–Trinajstić information content (AvgIpc) is 1.91. The number of alkyl halides is 1. The van der Waals surface area contributed by atoms with Gasteiger partial charge in [0.2, 0.25) is 0 Å². The van der Waals surface area contributed by atoms with Crippen LogP contribution >= 0.6 is 19.0 Å². The molecule has 0 aliphatic heterocycles. The maximum atomic E-state index is 11.3. The third-order valence-electron chi connectivity index (χ3n) is 2.01. The maximum absolute atomic E-state index is 11.3. The summed E-state index contributed by atoms with van der Waals surface area (Å²) >= 11 is 5.93. The van der Waals surface area contributed by atoms with Gasteiger partial charge in [0.15, 0.2) is 7.37 Å². The van der Waals surface area contributed by atoms with Gasteiger partial charge in [-0.05, 0) is 25.7 Å². The van der Waals surface area contributed by atoms with Gasteiger partial charge in [0, 0.05) is 18.7 Å². The van der Waals surface area contributed by atoms with Crippen molar-refractivity contribution in [1.82, 2.24) is 0 Å². The van der Waals surface area contributed by atoms with Crippen LogP contribution in [0.25, 0.3) is 0 Å². The summed E-state index contributed by atoms with van der Waals surface area (Å²) in [5.74, 6) is 0. The second-order valence-corrected chi connectivity index (χ2v) is 7.06. The standard InChI is InChI=1S/C8H16ClO2P/c1-12(2,10)11-8-5-3-7(9)4-6-8/h7-8H,3-6H2,1-2H3. The van der Waals surface area contributed by atoms with Crippen LogP contribution in [-0.4, -0.2) is 24.8 Å². The lowest BCUT2D eigenvalue weighted by Crippen LogP contribution is -2.20. The quantitative estimate of drug-likeness (QED) is 0.517. The van der Waals surface area contributed by atoms with Crippen molar-refractivity contribution in [1.29, 1.82) is 0 Å². The van der Waals surface area contributed by atoms with E-state index in [9.17, 15) is 4.57 Å². The Kier molecular flexibility index (Phi) is 3.63. The maximum Gasteiger partial charge on any atom is 0.197 e. The predicted octanol–water partition coefficient (Wildman–Crippen LogP) is 3.09. The van der Waals surface area contributed by atoms with E-state index in [1.807, 2.05) is 0 Å². The van der Waals surface area contributed by atoms with Crippen LogP contribution in [0.2, 0.25) is 0 Å². The van der Waals surface area contributed by atoms with E-state index in [0.717, 1.165) is 25.7 Å². The Hall–Kier alpha value is 0.480. The lowest BCUT2D eigenvalue weighted by molar-refractivity contribution is 0.162. The van der Waals surface area contributed by atoms with E-state index in [1.54, 1.807) is 13.3 Å². The van der Waals surface area contributed by atoms with Gasteiger partial charge in [-0.25, -0.2) is 0 Å². The van der Waals surface area contributed by atoms with Gasteiger partial charge in [-0.1, -0.05) is 0 Å². The Labute approximate surface area is 79.1 Å². The van der Waals surface area contributed by atoms with Gasteiger partial charge in [-0.15, -0.1) is 11.6 Å². The Morgan fingerprint density at radius 3 is 2.17 bits per heavy atom. The highest BCUT2D eigenvalue weighted by atomic mass is 35.5. The predicted molar refractivity (Wildman–Crippen MR) is 52.4 cm³/mol. The van der Waals surface area contributed by atoms with Crippen LogP contribution < -0.4 is 0 Å². The molecule has 4 heteroatoms. The minimum atomic E-state index is -2.30. The van der Waals surface area contributed by atoms with E-state index in [2.05, 4.69) is 0 Å². The van der Waals surface area contributed by atoms with E-state index >= 15 is 0 Å². The molecule has 1 saturated carbocycles. The summed E-state index contributed by atoms with van der Waals surface area (Å²) in [5, 5.41) is 0.304. The van der Waals surface area contributed by atoms with Crippen molar-refractivity contribution in [3.8, 4) is 0 Å². The minimum absolute atomic E-state index is 0.181. The first kappa shape index (κ1) is 10.6. The molecule has 0 aromatic carbocycles. The summed E-state index contributed by atoms with van der Waals surface area (Å²) in [6, 6.07) is 0. The van der Waals surface area contributed by atoms with Gasteiger partial charge in [0.25, 0.3) is 0 Å². The summed E-state index contributed by atoms with van der Waals surface area (Å²) in [6.45, 7) is 3.33. The Bertz CT molecular complexity index is 181. The summed E-state index contributed by atoms with van der Waals surface area (Å²) in [7, 11) is -2.30. The zero-order valence-corrected chi connectivity index (χ0v) is 9.28. The van der Waals surface area contributed by atoms with Crippen molar-refractivity contribution in [3.63, 3.8) is 0 Å². The molecule has 1 aliphatic carbocycles. The normalized spacial score (nSPS) is 31.9. The van der Waals surface area contributed by atoms with Crippen molar-refractivity contribution >= 4 is 19.0 Å². The molecule has 0 radical (unpaired) electrons. The van der Waals surface area contributed by atoms with Crippen molar-refractivity contribution in [3.05, 3.63) is 0 Å². The van der Waals surface area contributed by atoms with Crippen molar-refractivity contribution in [2.75, 3.05) is 13.3 Å². The van der Waals surface area contributed by atoms with Gasteiger partial charge in [0.1, 0.15) is 0 Å². The molecule has 0 spiro atoms. The summed E-state index contributed by atoms with van der Waals surface area (Å²) < 4.78 is 16.7. The van der Waals surface area contributed by atoms with E-state index in [4.69, 9.17) is 16.1 Å². The highest BCUT2D eigenvalue weighted by Crippen LogP contribution is 2.42. The highest BCUT2D eigenvalue weighted by molar-refractivity contribution is 7.57. The molecule has 0 amide bonds. The summed E-state index contributed by atoms with van der Waals surface area (Å²) in [5.41, 5.74) is 0. The first-order valence-electron chi connectivity index (χ1n) is 4.35. The number of rotatable bonds is 2. The van der Waals surface area contributed by atoms with E-state index in [0.29, 0.717) is 5.38 Å². The van der Waals surface area contributed by atoms with Gasteiger partial charge in [-0.2, -0.15) is 0 Å². The number of hydrogen-bond donors (Lipinski definition) is 0. The zero-order chi connectivity index (χ0) is 9.19. The second kappa shape index (κ2) is 4.13. The van der Waals surface area contributed by atoms with Crippen LogP contribution in [-0.2, 0) is 9.09 Å². The SMILES string of the molecule is CP(C)(=O)OC1CCC(Cl)CC1. The second-order valence-electron chi connectivity index (χ2n) is 3.73. The Morgan fingerprint density at radius 2 is 1.75 bits per heavy atom. The zero-order valence-electron chi connectivity index (χ0n) is 7.62. The monoisotopic (exact) mass is 210 g/mol. The molecular formula is C8H16ClO2P. The molecule has 1 fully saturated rings. The highest BCUT2D eigenvalue weighted by Gasteiger charge is 2.23. The molecule has 0 atom stereocenters. The van der Waals surface area contributed by atoms with Crippen molar-refractivity contribution in [2.45, 2.75) is 37.2 Å². The molecule has 12 heavy (non-hydrogen) atoms. The molecule has 0 saturated heterocycles. The van der Waals surface area contributed by atoms with Crippen LogP contribution in [0.15, 0.2) is 0 Å². The Morgan fingerprint density at radius 1 is 1.25 bits per heavy atom. The fourth-order valence-electron chi connectivity index (χ4n) is 1.49. The van der Waals surface area contributed by atoms with Crippen LogP contribution in [0, 0.1) is 0 Å². The molecule has 0 aromatic heterocycles. The van der Waals surface area contributed by atoms with E-state index < -0.39 is 7.37 Å². The van der Waals surface area contributed by atoms with Crippen LogP contribution in [0.4, 0.5) is 0 Å². The van der Waals surface area contributed by atoms with E-state index in [-0.39, 0.29) is 6.10 Å². The molecule has 0 bridgehead atoms. The summed E-state index contributed by atoms with van der Waals surface area (Å²) in [6.07, 6.45) is 4.08.